The van der Waals surface area contributed by atoms with E-state index in [1.807, 2.05) is 4.90 Å². The van der Waals surface area contributed by atoms with E-state index in [2.05, 4.69) is 5.32 Å². The Morgan fingerprint density at radius 3 is 2.50 bits per heavy atom. The molecule has 1 fully saturated rings. The van der Waals surface area contributed by atoms with Crippen LogP contribution >= 0.6 is 0 Å². The smallest absolute Gasteiger partial charge is 0.292 e. The summed E-state index contributed by atoms with van der Waals surface area (Å²) in [4.78, 5) is 12.9. The summed E-state index contributed by atoms with van der Waals surface area (Å²) in [7, 11) is -3.21. The lowest BCUT2D eigenvalue weighted by Crippen LogP contribution is -2.48. The summed E-state index contributed by atoms with van der Waals surface area (Å²) in [6, 6.07) is 3.27. The Kier molecular flexibility index (Phi) is 3.69. The number of nitrogens with one attached hydrogen (secondary N) is 1. The predicted octanol–water partition coefficient (Wildman–Crippen LogP) is 0.644. The van der Waals surface area contributed by atoms with E-state index in [1.54, 1.807) is 6.07 Å². The van der Waals surface area contributed by atoms with E-state index >= 15 is 0 Å². The van der Waals surface area contributed by atoms with E-state index in [4.69, 9.17) is 0 Å². The van der Waals surface area contributed by atoms with Gasteiger partial charge in [-0.05, 0) is 12.5 Å². The van der Waals surface area contributed by atoms with Gasteiger partial charge in [-0.3, -0.25) is 10.1 Å². The van der Waals surface area contributed by atoms with Crippen molar-refractivity contribution in [3.05, 3.63) is 27.8 Å². The number of sulfonamides is 1. The van der Waals surface area contributed by atoms with Gasteiger partial charge in [0.1, 0.15) is 5.69 Å². The third-order valence-electron chi connectivity index (χ3n) is 4.17. The molecule has 3 rings (SSSR count). The average molecular weight is 326 g/mol. The van der Waals surface area contributed by atoms with Gasteiger partial charge in [0.15, 0.2) is 0 Å². The van der Waals surface area contributed by atoms with Crippen LogP contribution in [-0.4, -0.2) is 56.6 Å². The fraction of sp³-hybridized carbons (Fsp3) is 0.538. The number of anilines is 2. The molecule has 0 unspecified atom stereocenters. The Hall–Kier alpha value is -1.87. The molecule has 8 nitrogen and oxygen atoms in total. The molecule has 2 aliphatic rings. The van der Waals surface area contributed by atoms with E-state index in [-0.39, 0.29) is 10.6 Å². The Morgan fingerprint density at radius 1 is 1.23 bits per heavy atom. The molecule has 120 valence electrons. The molecule has 0 saturated carbocycles. The monoisotopic (exact) mass is 326 g/mol. The van der Waals surface area contributed by atoms with Crippen LogP contribution in [0.25, 0.3) is 0 Å². The zero-order valence-corrected chi connectivity index (χ0v) is 13.1. The van der Waals surface area contributed by atoms with Gasteiger partial charge in [0, 0.05) is 50.0 Å². The molecule has 0 aliphatic carbocycles. The van der Waals surface area contributed by atoms with E-state index < -0.39 is 10.0 Å². The van der Waals surface area contributed by atoms with Crippen molar-refractivity contribution in [3.8, 4) is 0 Å². The van der Waals surface area contributed by atoms with E-state index in [9.17, 15) is 18.5 Å². The summed E-state index contributed by atoms with van der Waals surface area (Å²) in [5.74, 6) is 0. The molecule has 1 aromatic rings. The van der Waals surface area contributed by atoms with E-state index in [0.717, 1.165) is 24.2 Å². The molecule has 9 heteroatoms. The van der Waals surface area contributed by atoms with Gasteiger partial charge in [0.25, 0.3) is 5.69 Å². The summed E-state index contributed by atoms with van der Waals surface area (Å²) in [6.07, 6.45) is 1.94. The van der Waals surface area contributed by atoms with Crippen LogP contribution in [0.4, 0.5) is 17.1 Å². The maximum atomic E-state index is 11.6. The predicted molar refractivity (Wildman–Crippen MR) is 83.9 cm³/mol. The molecule has 1 aromatic carbocycles. The van der Waals surface area contributed by atoms with Gasteiger partial charge in [-0.1, -0.05) is 0 Å². The van der Waals surface area contributed by atoms with Crippen LogP contribution in [0, 0.1) is 10.1 Å². The molecule has 0 atom stereocenters. The molecule has 0 spiro atoms. The van der Waals surface area contributed by atoms with Crippen molar-refractivity contribution in [2.45, 2.75) is 6.42 Å². The maximum absolute atomic E-state index is 11.6. The SMILES string of the molecule is CS(=O)(=O)N1CCN(c2c([N+](=O)[O-])ccc3c2CCN3)CC1. The third-order valence-corrected chi connectivity index (χ3v) is 5.48. The Bertz CT molecular complexity index is 711. The van der Waals surface area contributed by atoms with E-state index in [1.165, 1.54) is 16.6 Å². The van der Waals surface area contributed by atoms with Crippen molar-refractivity contribution in [1.29, 1.82) is 0 Å². The molecule has 0 radical (unpaired) electrons. The number of fused-ring (bicyclic) bond motifs is 1. The molecule has 0 bridgehead atoms. The molecular formula is C13H18N4O4S. The molecule has 1 N–H and O–H groups in total. The number of benzene rings is 1. The van der Waals surface area contributed by atoms with Crippen molar-refractivity contribution in [3.63, 3.8) is 0 Å². The molecule has 0 aromatic heterocycles. The first kappa shape index (κ1) is 15.0. The van der Waals surface area contributed by atoms with E-state index in [0.29, 0.717) is 31.9 Å². The summed E-state index contributed by atoms with van der Waals surface area (Å²) < 4.78 is 24.6. The lowest BCUT2D eigenvalue weighted by molar-refractivity contribution is -0.384. The standard InChI is InChI=1S/C13H18N4O4S/c1-22(20,21)16-8-6-15(7-9-16)13-10-4-5-14-11(10)2-3-12(13)17(18)19/h2-3,14H,4-9H2,1H3. The number of piperazine rings is 1. The summed E-state index contributed by atoms with van der Waals surface area (Å²) >= 11 is 0. The van der Waals surface area contributed by atoms with Crippen LogP contribution in [0.3, 0.4) is 0 Å². The molecule has 2 heterocycles. The van der Waals surface area contributed by atoms with Crippen molar-refractivity contribution >= 4 is 27.1 Å². The quantitative estimate of drug-likeness (QED) is 0.647. The highest BCUT2D eigenvalue weighted by Gasteiger charge is 2.31. The Balaban J connectivity index is 1.93. The van der Waals surface area contributed by atoms with Crippen LogP contribution in [0.2, 0.25) is 0 Å². The molecule has 2 aliphatic heterocycles. The number of nitro groups is 1. The second-order valence-corrected chi connectivity index (χ2v) is 7.52. The highest BCUT2D eigenvalue weighted by Crippen LogP contribution is 2.39. The molecule has 0 amide bonds. The molecule has 22 heavy (non-hydrogen) atoms. The minimum Gasteiger partial charge on any atom is -0.384 e. The first-order chi connectivity index (χ1) is 10.4. The lowest BCUT2D eigenvalue weighted by Gasteiger charge is -2.35. The van der Waals surface area contributed by atoms with Crippen LogP contribution in [0.15, 0.2) is 12.1 Å². The van der Waals surface area contributed by atoms with Crippen LogP contribution in [0.1, 0.15) is 5.56 Å². The fourth-order valence-electron chi connectivity index (χ4n) is 3.11. The summed E-state index contributed by atoms with van der Waals surface area (Å²) in [5, 5.41) is 14.6. The zero-order valence-electron chi connectivity index (χ0n) is 12.3. The topological polar surface area (TPSA) is 95.8 Å². The highest BCUT2D eigenvalue weighted by molar-refractivity contribution is 7.88. The number of rotatable bonds is 3. The minimum atomic E-state index is -3.21. The van der Waals surface area contributed by atoms with Crippen LogP contribution in [-0.2, 0) is 16.4 Å². The molecular weight excluding hydrogens is 308 g/mol. The highest BCUT2D eigenvalue weighted by atomic mass is 32.2. The number of hydrogen-bond acceptors (Lipinski definition) is 6. The third kappa shape index (κ3) is 2.61. The second kappa shape index (κ2) is 5.40. The average Bonchev–Trinajstić information content (AvgIpc) is 2.93. The normalized spacial score (nSPS) is 18.9. The second-order valence-electron chi connectivity index (χ2n) is 5.54. The van der Waals surface area contributed by atoms with Crippen LogP contribution < -0.4 is 10.2 Å². The van der Waals surface area contributed by atoms with Crippen molar-refractivity contribution in [1.82, 2.24) is 4.31 Å². The van der Waals surface area contributed by atoms with Gasteiger partial charge in [0.2, 0.25) is 10.0 Å². The van der Waals surface area contributed by atoms with Gasteiger partial charge in [-0.15, -0.1) is 0 Å². The van der Waals surface area contributed by atoms with Gasteiger partial charge >= 0.3 is 0 Å². The van der Waals surface area contributed by atoms with Crippen molar-refractivity contribution in [2.75, 3.05) is 49.2 Å². The first-order valence-electron chi connectivity index (χ1n) is 7.12. The number of nitrogens with zero attached hydrogens (tertiary/aromatic N) is 3. The van der Waals surface area contributed by atoms with Gasteiger partial charge in [-0.25, -0.2) is 8.42 Å². The maximum Gasteiger partial charge on any atom is 0.292 e. The van der Waals surface area contributed by atoms with Crippen molar-refractivity contribution in [2.24, 2.45) is 0 Å². The molecule has 1 saturated heterocycles. The summed E-state index contributed by atoms with van der Waals surface area (Å²) in [6.45, 7) is 2.40. The van der Waals surface area contributed by atoms with Gasteiger partial charge in [0.05, 0.1) is 11.2 Å². The number of nitro benzene ring substituents is 1. The largest absolute Gasteiger partial charge is 0.384 e. The zero-order chi connectivity index (χ0) is 15.9. The minimum absolute atomic E-state index is 0.0928. The lowest BCUT2D eigenvalue weighted by atomic mass is 10.1. The fourth-order valence-corrected chi connectivity index (χ4v) is 3.93. The Labute approximate surface area is 128 Å². The first-order valence-corrected chi connectivity index (χ1v) is 8.97. The Morgan fingerprint density at radius 2 is 1.91 bits per heavy atom. The van der Waals surface area contributed by atoms with Gasteiger partial charge in [-0.2, -0.15) is 4.31 Å². The summed E-state index contributed by atoms with van der Waals surface area (Å²) in [5.41, 5.74) is 2.63. The van der Waals surface area contributed by atoms with Crippen molar-refractivity contribution < 1.29 is 13.3 Å². The van der Waals surface area contributed by atoms with Crippen LogP contribution in [0.5, 0.6) is 0 Å². The number of hydrogen-bond donors (Lipinski definition) is 1. The van der Waals surface area contributed by atoms with Gasteiger partial charge < -0.3 is 10.2 Å².